The molecule has 2 heterocycles. The normalized spacial score (nSPS) is 10.6. The van der Waals surface area contributed by atoms with Gasteiger partial charge in [0.25, 0.3) is 0 Å². The number of nitrogens with zero attached hydrogens (tertiary/aromatic N) is 1. The summed E-state index contributed by atoms with van der Waals surface area (Å²) in [5.41, 5.74) is 8.64. The topological polar surface area (TPSA) is 54.7 Å². The van der Waals surface area contributed by atoms with Gasteiger partial charge >= 0.3 is 0 Å². The first kappa shape index (κ1) is 10.1. The molecule has 0 aliphatic carbocycles. The molecule has 3 nitrogen and oxygen atoms in total. The van der Waals surface area contributed by atoms with Crippen molar-refractivity contribution < 1.29 is 0 Å². The number of anilines is 1. The van der Waals surface area contributed by atoms with E-state index in [0.29, 0.717) is 5.69 Å². The summed E-state index contributed by atoms with van der Waals surface area (Å²) < 4.78 is 0. The third-order valence-electron chi connectivity index (χ3n) is 2.58. The molecular weight excluding hydrogens is 230 g/mol. The summed E-state index contributed by atoms with van der Waals surface area (Å²) in [6.07, 6.45) is 1.64. The van der Waals surface area contributed by atoms with Gasteiger partial charge in [0.05, 0.1) is 22.5 Å². The first-order valence-corrected chi connectivity index (χ1v) is 6.11. The molecule has 0 saturated carbocycles. The monoisotopic (exact) mass is 241 g/mol. The molecule has 0 unspecified atom stereocenters. The number of rotatable bonds is 2. The highest BCUT2D eigenvalue weighted by Gasteiger charge is 2.08. The molecule has 0 aliphatic rings. The second kappa shape index (κ2) is 4.07. The summed E-state index contributed by atoms with van der Waals surface area (Å²) in [6.45, 7) is 0. The number of hydrogen-bond donors (Lipinski definition) is 2. The Hall–Kier alpha value is -2.07. The van der Waals surface area contributed by atoms with Crippen molar-refractivity contribution >= 4 is 17.0 Å². The Balaban J connectivity index is 2.02. The lowest BCUT2D eigenvalue weighted by Crippen LogP contribution is -1.83. The number of benzene rings is 1. The summed E-state index contributed by atoms with van der Waals surface area (Å²) in [4.78, 5) is 2.34. The van der Waals surface area contributed by atoms with Gasteiger partial charge in [-0.25, -0.2) is 0 Å². The average Bonchev–Trinajstić information content (AvgIpc) is 2.98. The van der Waals surface area contributed by atoms with Crippen LogP contribution in [0.2, 0.25) is 0 Å². The predicted octanol–water partition coefficient (Wildman–Crippen LogP) is 3.39. The molecule has 4 heteroatoms. The average molecular weight is 241 g/mol. The van der Waals surface area contributed by atoms with E-state index in [9.17, 15) is 0 Å². The van der Waals surface area contributed by atoms with Gasteiger partial charge in [0.15, 0.2) is 0 Å². The maximum atomic E-state index is 5.83. The van der Waals surface area contributed by atoms with Crippen LogP contribution in [0.15, 0.2) is 48.7 Å². The van der Waals surface area contributed by atoms with Gasteiger partial charge in [0.1, 0.15) is 0 Å². The van der Waals surface area contributed by atoms with Crippen LogP contribution in [0.3, 0.4) is 0 Å². The lowest BCUT2D eigenvalue weighted by molar-refractivity contribution is 1.10. The highest BCUT2D eigenvalue weighted by atomic mass is 32.1. The zero-order valence-electron chi connectivity index (χ0n) is 9.05. The van der Waals surface area contributed by atoms with Crippen molar-refractivity contribution in [2.75, 3.05) is 5.73 Å². The van der Waals surface area contributed by atoms with Crippen molar-refractivity contribution in [2.45, 2.75) is 0 Å². The van der Waals surface area contributed by atoms with Gasteiger partial charge in [-0.2, -0.15) is 5.10 Å². The Morgan fingerprint density at radius 3 is 2.47 bits per heavy atom. The quantitative estimate of drug-likeness (QED) is 0.722. The van der Waals surface area contributed by atoms with Gasteiger partial charge in [-0.05, 0) is 17.7 Å². The van der Waals surface area contributed by atoms with Crippen molar-refractivity contribution in [3.63, 3.8) is 0 Å². The molecule has 0 radical (unpaired) electrons. The van der Waals surface area contributed by atoms with Crippen LogP contribution in [-0.2, 0) is 0 Å². The predicted molar refractivity (Wildman–Crippen MR) is 71.7 cm³/mol. The molecule has 17 heavy (non-hydrogen) atoms. The van der Waals surface area contributed by atoms with Crippen LogP contribution in [0.4, 0.5) is 5.69 Å². The Morgan fingerprint density at radius 1 is 1.00 bits per heavy atom. The number of H-pyrrole nitrogens is 1. The maximum Gasteiger partial charge on any atom is 0.0979 e. The molecule has 0 aliphatic heterocycles. The van der Waals surface area contributed by atoms with Gasteiger partial charge in [0.2, 0.25) is 0 Å². The molecule has 0 atom stereocenters. The van der Waals surface area contributed by atoms with Crippen LogP contribution in [0.5, 0.6) is 0 Å². The van der Waals surface area contributed by atoms with Crippen LogP contribution in [0.1, 0.15) is 0 Å². The first-order valence-electron chi connectivity index (χ1n) is 5.29. The largest absolute Gasteiger partial charge is 0.396 e. The van der Waals surface area contributed by atoms with Gasteiger partial charge < -0.3 is 5.73 Å². The number of hydrogen-bond acceptors (Lipinski definition) is 3. The number of nitrogens with one attached hydrogen (secondary N) is 1. The van der Waals surface area contributed by atoms with E-state index in [1.54, 1.807) is 17.5 Å². The van der Waals surface area contributed by atoms with Crippen molar-refractivity contribution in [3.8, 4) is 21.0 Å². The second-order valence-corrected chi connectivity index (χ2v) is 4.81. The van der Waals surface area contributed by atoms with E-state index < -0.39 is 0 Å². The zero-order valence-corrected chi connectivity index (χ0v) is 9.87. The minimum atomic E-state index is 0.687. The smallest absolute Gasteiger partial charge is 0.0979 e. The Morgan fingerprint density at radius 2 is 1.76 bits per heavy atom. The fourth-order valence-electron chi connectivity index (χ4n) is 1.72. The highest BCUT2D eigenvalue weighted by molar-refractivity contribution is 7.18. The molecular formula is C13H11N3S. The molecule has 0 amide bonds. The third-order valence-corrected chi connectivity index (χ3v) is 3.73. The Kier molecular flexibility index (Phi) is 2.42. The summed E-state index contributed by atoms with van der Waals surface area (Å²) >= 11 is 1.71. The van der Waals surface area contributed by atoms with Crippen LogP contribution in [0.25, 0.3) is 21.0 Å². The molecule has 0 fully saturated rings. The van der Waals surface area contributed by atoms with Gasteiger partial charge in [0, 0.05) is 4.88 Å². The van der Waals surface area contributed by atoms with Crippen LogP contribution >= 0.6 is 11.3 Å². The molecule has 84 valence electrons. The summed E-state index contributed by atoms with van der Waals surface area (Å²) in [5.74, 6) is 0. The Bertz CT molecular complexity index is 625. The van der Waals surface area contributed by atoms with Crippen molar-refractivity contribution in [3.05, 3.63) is 48.7 Å². The van der Waals surface area contributed by atoms with Crippen LogP contribution in [-0.4, -0.2) is 10.2 Å². The standard InChI is InChI=1S/C13H11N3S/c14-10-8-15-16-13(10)12-7-6-11(17-12)9-4-2-1-3-5-9/h1-8H,14H2,(H,15,16). The van der Waals surface area contributed by atoms with E-state index >= 15 is 0 Å². The minimum Gasteiger partial charge on any atom is -0.396 e. The second-order valence-electron chi connectivity index (χ2n) is 3.73. The number of thiophene rings is 1. The first-order chi connectivity index (χ1) is 8.34. The van der Waals surface area contributed by atoms with E-state index in [0.717, 1.165) is 10.6 Å². The molecule has 3 aromatic rings. The summed E-state index contributed by atoms with van der Waals surface area (Å²) in [5, 5.41) is 6.86. The molecule has 3 N–H and O–H groups in total. The van der Waals surface area contributed by atoms with E-state index in [1.165, 1.54) is 10.4 Å². The SMILES string of the molecule is Nc1cn[nH]c1-c1ccc(-c2ccccc2)s1. The number of aromatic amines is 1. The van der Waals surface area contributed by atoms with Gasteiger partial charge in [-0.15, -0.1) is 11.3 Å². The van der Waals surface area contributed by atoms with E-state index in [2.05, 4.69) is 34.5 Å². The van der Waals surface area contributed by atoms with Gasteiger partial charge in [-0.1, -0.05) is 30.3 Å². The molecule has 1 aromatic carbocycles. The van der Waals surface area contributed by atoms with Gasteiger partial charge in [-0.3, -0.25) is 5.10 Å². The van der Waals surface area contributed by atoms with Crippen LogP contribution in [0, 0.1) is 0 Å². The summed E-state index contributed by atoms with van der Waals surface area (Å²) in [7, 11) is 0. The third kappa shape index (κ3) is 1.83. The molecule has 0 bridgehead atoms. The van der Waals surface area contributed by atoms with Crippen molar-refractivity contribution in [1.82, 2.24) is 10.2 Å². The lowest BCUT2D eigenvalue weighted by atomic mass is 10.2. The number of nitrogen functional groups attached to an aromatic ring is 1. The number of aromatic nitrogens is 2. The van der Waals surface area contributed by atoms with E-state index in [4.69, 9.17) is 5.73 Å². The van der Waals surface area contributed by atoms with E-state index in [-0.39, 0.29) is 0 Å². The fourth-order valence-corrected chi connectivity index (χ4v) is 2.75. The fraction of sp³-hybridized carbons (Fsp3) is 0. The maximum absolute atomic E-state index is 5.83. The van der Waals surface area contributed by atoms with Crippen molar-refractivity contribution in [2.24, 2.45) is 0 Å². The molecule has 0 saturated heterocycles. The van der Waals surface area contributed by atoms with Crippen LogP contribution < -0.4 is 5.73 Å². The zero-order chi connectivity index (χ0) is 11.7. The lowest BCUT2D eigenvalue weighted by Gasteiger charge is -1.95. The highest BCUT2D eigenvalue weighted by Crippen LogP contribution is 2.35. The van der Waals surface area contributed by atoms with Crippen molar-refractivity contribution in [1.29, 1.82) is 0 Å². The summed E-state index contributed by atoms with van der Waals surface area (Å²) in [6, 6.07) is 14.5. The minimum absolute atomic E-state index is 0.687. The number of nitrogens with two attached hydrogens (primary N) is 1. The molecule has 3 rings (SSSR count). The molecule has 2 aromatic heterocycles. The Labute approximate surface area is 103 Å². The van der Waals surface area contributed by atoms with E-state index in [1.807, 2.05) is 18.2 Å². The molecule has 0 spiro atoms.